The molecule has 118 valence electrons. The molecule has 6 heteroatoms. The van der Waals surface area contributed by atoms with E-state index in [1.54, 1.807) is 12.4 Å². The normalized spacial score (nSPS) is 11.2. The Morgan fingerprint density at radius 3 is 3.00 bits per heavy atom. The maximum atomic E-state index is 5.58. The lowest BCUT2D eigenvalue weighted by molar-refractivity contribution is 0.320. The molecule has 0 spiro atoms. The highest BCUT2D eigenvalue weighted by Crippen LogP contribution is 2.04. The zero-order valence-electron chi connectivity index (χ0n) is 13.0. The number of unbranched alkanes of at least 4 members (excludes halogenated alkanes) is 1. The van der Waals surface area contributed by atoms with Crippen LogP contribution in [0.15, 0.2) is 29.5 Å². The van der Waals surface area contributed by atoms with Crippen molar-refractivity contribution in [3.05, 3.63) is 24.5 Å². The molecule has 1 rings (SSSR count). The number of nitrogens with zero attached hydrogens (tertiary/aromatic N) is 2. The molecule has 0 fully saturated rings. The Hall–Kier alpha value is -1.43. The summed E-state index contributed by atoms with van der Waals surface area (Å²) < 4.78 is 5.58. The van der Waals surface area contributed by atoms with Gasteiger partial charge in [-0.3, -0.25) is 9.98 Å². The molecule has 21 heavy (non-hydrogen) atoms. The minimum atomic E-state index is 0.586. The second-order valence-electron chi connectivity index (χ2n) is 4.42. The highest BCUT2D eigenvalue weighted by atomic mass is 32.2. The van der Waals surface area contributed by atoms with Gasteiger partial charge in [0.1, 0.15) is 12.4 Å². The number of pyridine rings is 1. The Labute approximate surface area is 132 Å². The van der Waals surface area contributed by atoms with Crippen LogP contribution >= 0.6 is 11.8 Å². The molecule has 1 aromatic rings. The SMILES string of the molecule is CCNC(=NCCCCSC)NCCOc1cccnc1. The fourth-order valence-electron chi connectivity index (χ4n) is 1.66. The first-order valence-corrected chi connectivity index (χ1v) is 8.80. The molecule has 0 saturated heterocycles. The summed E-state index contributed by atoms with van der Waals surface area (Å²) in [6.45, 7) is 5.09. The van der Waals surface area contributed by atoms with E-state index in [1.165, 1.54) is 12.2 Å². The Bertz CT molecular complexity index is 387. The van der Waals surface area contributed by atoms with Crippen molar-refractivity contribution in [1.29, 1.82) is 0 Å². The van der Waals surface area contributed by atoms with Crippen LogP contribution in [0.3, 0.4) is 0 Å². The van der Waals surface area contributed by atoms with Gasteiger partial charge >= 0.3 is 0 Å². The van der Waals surface area contributed by atoms with Crippen molar-refractivity contribution in [3.63, 3.8) is 0 Å². The monoisotopic (exact) mass is 310 g/mol. The quantitative estimate of drug-likeness (QED) is 0.394. The zero-order valence-corrected chi connectivity index (χ0v) is 13.8. The first-order valence-electron chi connectivity index (χ1n) is 7.40. The fourth-order valence-corrected chi connectivity index (χ4v) is 2.15. The van der Waals surface area contributed by atoms with Gasteiger partial charge < -0.3 is 15.4 Å². The lowest BCUT2D eigenvalue weighted by Crippen LogP contribution is -2.39. The Morgan fingerprint density at radius 1 is 1.38 bits per heavy atom. The van der Waals surface area contributed by atoms with Crippen molar-refractivity contribution < 1.29 is 4.74 Å². The number of aromatic nitrogens is 1. The van der Waals surface area contributed by atoms with Crippen molar-refractivity contribution in [2.24, 2.45) is 4.99 Å². The Kier molecular flexibility index (Phi) is 10.3. The number of ether oxygens (including phenoxy) is 1. The van der Waals surface area contributed by atoms with Gasteiger partial charge in [0.05, 0.1) is 12.7 Å². The second-order valence-corrected chi connectivity index (χ2v) is 5.41. The molecule has 0 atom stereocenters. The number of guanidine groups is 1. The summed E-state index contributed by atoms with van der Waals surface area (Å²) >= 11 is 1.88. The van der Waals surface area contributed by atoms with Crippen LogP contribution in [0.25, 0.3) is 0 Å². The van der Waals surface area contributed by atoms with E-state index >= 15 is 0 Å². The van der Waals surface area contributed by atoms with E-state index in [1.807, 2.05) is 23.9 Å². The van der Waals surface area contributed by atoms with Crippen LogP contribution in [-0.2, 0) is 0 Å². The van der Waals surface area contributed by atoms with Gasteiger partial charge in [0.25, 0.3) is 0 Å². The third-order valence-electron chi connectivity index (χ3n) is 2.67. The molecule has 0 bridgehead atoms. The van der Waals surface area contributed by atoms with Gasteiger partial charge in [0.2, 0.25) is 0 Å². The topological polar surface area (TPSA) is 58.5 Å². The lowest BCUT2D eigenvalue weighted by atomic mass is 10.3. The predicted octanol–water partition coefficient (Wildman–Crippen LogP) is 2.16. The molecule has 0 amide bonds. The van der Waals surface area contributed by atoms with Crippen LogP contribution in [0.1, 0.15) is 19.8 Å². The minimum Gasteiger partial charge on any atom is -0.490 e. The largest absolute Gasteiger partial charge is 0.490 e. The summed E-state index contributed by atoms with van der Waals surface area (Å²) in [5, 5.41) is 6.51. The van der Waals surface area contributed by atoms with E-state index in [2.05, 4.69) is 33.8 Å². The lowest BCUT2D eigenvalue weighted by Gasteiger charge is -2.11. The summed E-state index contributed by atoms with van der Waals surface area (Å²) in [7, 11) is 0. The van der Waals surface area contributed by atoms with Crippen LogP contribution in [0.5, 0.6) is 5.75 Å². The van der Waals surface area contributed by atoms with E-state index < -0.39 is 0 Å². The maximum absolute atomic E-state index is 5.58. The van der Waals surface area contributed by atoms with Gasteiger partial charge in [-0.15, -0.1) is 0 Å². The van der Waals surface area contributed by atoms with Crippen LogP contribution in [0, 0.1) is 0 Å². The smallest absolute Gasteiger partial charge is 0.191 e. The van der Waals surface area contributed by atoms with Gasteiger partial charge in [-0.05, 0) is 43.9 Å². The Balaban J connectivity index is 2.19. The predicted molar refractivity (Wildman–Crippen MR) is 91.3 cm³/mol. The molecule has 5 nitrogen and oxygen atoms in total. The number of hydrogen-bond acceptors (Lipinski definition) is 4. The summed E-state index contributed by atoms with van der Waals surface area (Å²) in [5.74, 6) is 2.85. The molecular weight excluding hydrogens is 284 g/mol. The van der Waals surface area contributed by atoms with Gasteiger partial charge in [-0.1, -0.05) is 0 Å². The standard InChI is InChI=1S/C15H26N4OS/c1-3-17-15(18-9-4-5-12-21-2)19-10-11-20-14-7-6-8-16-13-14/h6-8,13H,3-5,9-12H2,1-2H3,(H2,17,18,19). The van der Waals surface area contributed by atoms with Gasteiger partial charge in [-0.25, -0.2) is 0 Å². The number of thioether (sulfide) groups is 1. The summed E-state index contributed by atoms with van der Waals surface area (Å²) in [6, 6.07) is 3.76. The van der Waals surface area contributed by atoms with Gasteiger partial charge in [-0.2, -0.15) is 11.8 Å². The van der Waals surface area contributed by atoms with Crippen LogP contribution in [0.2, 0.25) is 0 Å². The van der Waals surface area contributed by atoms with Crippen molar-refractivity contribution in [2.75, 3.05) is 38.2 Å². The third kappa shape index (κ3) is 9.18. The molecular formula is C15H26N4OS. The average molecular weight is 310 g/mol. The molecule has 2 N–H and O–H groups in total. The summed E-state index contributed by atoms with van der Waals surface area (Å²) in [5.41, 5.74) is 0. The number of rotatable bonds is 10. The Morgan fingerprint density at radius 2 is 2.29 bits per heavy atom. The van der Waals surface area contributed by atoms with E-state index in [4.69, 9.17) is 4.74 Å². The first kappa shape index (κ1) is 17.6. The van der Waals surface area contributed by atoms with Crippen molar-refractivity contribution in [2.45, 2.75) is 19.8 Å². The average Bonchev–Trinajstić information content (AvgIpc) is 2.52. The van der Waals surface area contributed by atoms with E-state index in [0.29, 0.717) is 13.2 Å². The zero-order chi connectivity index (χ0) is 15.2. The first-order chi connectivity index (χ1) is 10.4. The third-order valence-corrected chi connectivity index (χ3v) is 3.37. The molecule has 0 aliphatic rings. The van der Waals surface area contributed by atoms with Crippen LogP contribution in [-0.4, -0.2) is 49.2 Å². The number of aliphatic imine (C=N–C) groups is 1. The number of nitrogens with one attached hydrogen (secondary N) is 2. The maximum Gasteiger partial charge on any atom is 0.191 e. The summed E-state index contributed by atoms with van der Waals surface area (Å²) in [4.78, 5) is 8.56. The molecule has 0 aromatic carbocycles. The fraction of sp³-hybridized carbons (Fsp3) is 0.600. The van der Waals surface area contributed by atoms with E-state index in [0.717, 1.165) is 31.2 Å². The van der Waals surface area contributed by atoms with Gasteiger partial charge in [0.15, 0.2) is 5.96 Å². The molecule has 1 heterocycles. The van der Waals surface area contributed by atoms with E-state index in [9.17, 15) is 0 Å². The van der Waals surface area contributed by atoms with Crippen molar-refractivity contribution in [1.82, 2.24) is 15.6 Å². The van der Waals surface area contributed by atoms with Crippen molar-refractivity contribution >= 4 is 17.7 Å². The molecule has 0 aliphatic carbocycles. The molecule has 0 aliphatic heterocycles. The molecule has 1 aromatic heterocycles. The van der Waals surface area contributed by atoms with Crippen LogP contribution in [0.4, 0.5) is 0 Å². The molecule has 0 unspecified atom stereocenters. The van der Waals surface area contributed by atoms with Crippen molar-refractivity contribution in [3.8, 4) is 5.75 Å². The highest BCUT2D eigenvalue weighted by molar-refractivity contribution is 7.98. The van der Waals surface area contributed by atoms with Gasteiger partial charge in [0, 0.05) is 19.3 Å². The van der Waals surface area contributed by atoms with Crippen LogP contribution < -0.4 is 15.4 Å². The highest BCUT2D eigenvalue weighted by Gasteiger charge is 1.97. The second kappa shape index (κ2) is 12.3. The summed E-state index contributed by atoms with van der Waals surface area (Å²) in [6.07, 6.45) is 7.93. The van der Waals surface area contributed by atoms with E-state index in [-0.39, 0.29) is 0 Å². The number of hydrogen-bond donors (Lipinski definition) is 2. The molecule has 0 radical (unpaired) electrons. The minimum absolute atomic E-state index is 0.586. The molecule has 0 saturated carbocycles.